The number of hydrogen-bond donors (Lipinski definition) is 1. The molecule has 0 aliphatic carbocycles. The van der Waals surface area contributed by atoms with E-state index in [-0.39, 0.29) is 27.3 Å². The zero-order valence-electron chi connectivity index (χ0n) is 22.7. The molecule has 0 aliphatic rings. The number of nitrogens with zero attached hydrogens (tertiary/aromatic N) is 5. The molecule has 0 saturated carbocycles. The first kappa shape index (κ1) is 29.3. The lowest BCUT2D eigenvalue weighted by Crippen LogP contribution is -2.39. The van der Waals surface area contributed by atoms with Crippen LogP contribution in [0.1, 0.15) is 11.1 Å². The van der Waals surface area contributed by atoms with Crippen LogP contribution in [0.25, 0.3) is 26.3 Å². The highest BCUT2D eigenvalue weighted by atomic mass is 32.2. The Morgan fingerprint density at radius 1 is 1.00 bits per heavy atom. The quantitative estimate of drug-likeness (QED) is 0.210. The van der Waals surface area contributed by atoms with Gasteiger partial charge in [-0.25, -0.2) is 23.1 Å². The van der Waals surface area contributed by atoms with Gasteiger partial charge in [0.05, 0.1) is 23.8 Å². The van der Waals surface area contributed by atoms with Crippen LogP contribution in [0.2, 0.25) is 0 Å². The first-order valence-corrected chi connectivity index (χ1v) is 14.4. The summed E-state index contributed by atoms with van der Waals surface area (Å²) in [5.74, 6) is -1.61. The number of anilines is 2. The average Bonchev–Trinajstić information content (AvgIpc) is 3.31. The highest BCUT2D eigenvalue weighted by molar-refractivity contribution is 7.80. The number of hydrogen-bond acceptors (Lipinski definition) is 8. The third kappa shape index (κ3) is 5.36. The number of thiophene rings is 1. The molecular weight excluding hydrogens is 586 g/mol. The van der Waals surface area contributed by atoms with E-state index in [4.69, 9.17) is 5.73 Å². The van der Waals surface area contributed by atoms with Crippen molar-refractivity contribution in [2.45, 2.75) is 13.1 Å². The maximum atomic E-state index is 14.8. The monoisotopic (exact) mass is 611 g/mol. The van der Waals surface area contributed by atoms with Gasteiger partial charge in [-0.1, -0.05) is 18.2 Å². The smallest absolute Gasteiger partial charge is 0.337 e. The van der Waals surface area contributed by atoms with Crippen LogP contribution in [0.15, 0.2) is 70.4 Å². The van der Waals surface area contributed by atoms with Gasteiger partial charge in [-0.05, 0) is 61.6 Å². The molecule has 2 aromatic carbocycles. The van der Waals surface area contributed by atoms with Crippen molar-refractivity contribution in [2.24, 2.45) is 0 Å². The van der Waals surface area contributed by atoms with E-state index < -0.39 is 40.7 Å². The molecule has 5 rings (SSSR count). The van der Waals surface area contributed by atoms with Gasteiger partial charge in [0.15, 0.2) is 0 Å². The molecule has 0 spiro atoms. The first-order valence-electron chi connectivity index (χ1n) is 12.5. The van der Waals surface area contributed by atoms with Crippen LogP contribution in [0.4, 0.5) is 20.3 Å². The van der Waals surface area contributed by atoms with Crippen LogP contribution in [0, 0.1) is 11.6 Å². The summed E-state index contributed by atoms with van der Waals surface area (Å²) in [6.45, 7) is -0.168. The van der Waals surface area contributed by atoms with E-state index in [1.807, 2.05) is 19.0 Å². The number of aromatic nitrogens is 3. The number of nitrogens with two attached hydrogens (primary N) is 1. The van der Waals surface area contributed by atoms with E-state index in [9.17, 15) is 27.1 Å². The maximum Gasteiger partial charge on any atom is 0.337 e. The molecule has 0 bridgehead atoms. The van der Waals surface area contributed by atoms with Gasteiger partial charge in [0.1, 0.15) is 22.3 Å². The molecule has 1 atom stereocenters. The van der Waals surface area contributed by atoms with Crippen molar-refractivity contribution in [2.75, 3.05) is 31.2 Å². The summed E-state index contributed by atoms with van der Waals surface area (Å²) in [5.41, 5.74) is 6.05. The van der Waals surface area contributed by atoms with Crippen molar-refractivity contribution >= 4 is 44.3 Å². The minimum absolute atomic E-state index is 0.0551. The average molecular weight is 612 g/mol. The normalized spacial score (nSPS) is 12.3. The van der Waals surface area contributed by atoms with Crippen molar-refractivity contribution in [3.05, 3.63) is 104 Å². The lowest BCUT2D eigenvalue weighted by Gasteiger charge is -2.20. The molecule has 10 nitrogen and oxygen atoms in total. The molecule has 2 N–H and O–H groups in total. The van der Waals surface area contributed by atoms with E-state index in [1.165, 1.54) is 47.3 Å². The Morgan fingerprint density at radius 3 is 2.24 bits per heavy atom. The number of halogens is 2. The largest absolute Gasteiger partial charge is 0.755 e. The topological polar surface area (TPSA) is 130 Å². The highest BCUT2D eigenvalue weighted by Gasteiger charge is 2.25. The molecule has 14 heteroatoms. The van der Waals surface area contributed by atoms with Crippen molar-refractivity contribution < 1.29 is 17.5 Å². The molecule has 218 valence electrons. The minimum atomic E-state index is -2.59. The summed E-state index contributed by atoms with van der Waals surface area (Å²) >= 11 is -1.42. The Balaban J connectivity index is 1.85. The molecule has 5 aromatic rings. The maximum absolute atomic E-state index is 14.8. The first-order chi connectivity index (χ1) is 20.0. The summed E-state index contributed by atoms with van der Waals surface area (Å²) in [6, 6.07) is 13.2. The molecule has 0 aliphatic heterocycles. The highest BCUT2D eigenvalue weighted by Crippen LogP contribution is 2.38. The van der Waals surface area contributed by atoms with E-state index in [0.717, 1.165) is 26.6 Å². The number of benzene rings is 2. The van der Waals surface area contributed by atoms with Gasteiger partial charge < -0.3 is 15.2 Å². The second-order valence-electron chi connectivity index (χ2n) is 9.75. The molecular formula is C28H25F2N6O4S2-. The molecule has 42 heavy (non-hydrogen) atoms. The summed E-state index contributed by atoms with van der Waals surface area (Å²) < 4.78 is 55.3. The van der Waals surface area contributed by atoms with Crippen LogP contribution < -0.4 is 21.3 Å². The standard InChI is InChI=1S/C28H26F2N6O4S2/c1-33(2)14-20-24-26(37)36(18-11-12-23(32-13-18)34(3)42(39)40)28(38)35(15-19-21(29)5-4-6-22(19)30)27(24)41-25(20)16-7-9-17(31)10-8-16/h4-13H,14-15,31H2,1-3H3,(H,39,40)/p-1. The van der Waals surface area contributed by atoms with E-state index in [1.54, 1.807) is 24.3 Å². The zero-order chi connectivity index (χ0) is 30.3. The summed E-state index contributed by atoms with van der Waals surface area (Å²) in [4.78, 5) is 35.1. The third-order valence-electron chi connectivity index (χ3n) is 6.63. The summed E-state index contributed by atoms with van der Waals surface area (Å²) in [5, 5.41) is 0.207. The van der Waals surface area contributed by atoms with Crippen LogP contribution >= 0.6 is 11.3 Å². The van der Waals surface area contributed by atoms with Crippen LogP contribution in [0.5, 0.6) is 0 Å². The Labute approximate surface area is 245 Å². The predicted octanol–water partition coefficient (Wildman–Crippen LogP) is 3.48. The number of rotatable bonds is 8. The molecule has 0 radical (unpaired) electrons. The van der Waals surface area contributed by atoms with Crippen LogP contribution in [-0.4, -0.2) is 48.9 Å². The fourth-order valence-corrected chi connectivity index (χ4v) is 6.15. The second kappa shape index (κ2) is 11.6. The van der Waals surface area contributed by atoms with Crippen molar-refractivity contribution in [1.29, 1.82) is 0 Å². The number of fused-ring (bicyclic) bond motifs is 1. The van der Waals surface area contributed by atoms with Crippen LogP contribution in [-0.2, 0) is 24.4 Å². The van der Waals surface area contributed by atoms with E-state index in [0.29, 0.717) is 22.7 Å². The minimum Gasteiger partial charge on any atom is -0.755 e. The Kier molecular flexibility index (Phi) is 8.06. The van der Waals surface area contributed by atoms with Crippen molar-refractivity contribution in [3.63, 3.8) is 0 Å². The number of pyridine rings is 1. The third-order valence-corrected chi connectivity index (χ3v) is 8.57. The predicted molar refractivity (Wildman–Crippen MR) is 159 cm³/mol. The fourth-order valence-electron chi connectivity index (χ4n) is 4.59. The molecule has 3 heterocycles. The molecule has 3 aromatic heterocycles. The zero-order valence-corrected chi connectivity index (χ0v) is 24.3. The van der Waals surface area contributed by atoms with E-state index >= 15 is 0 Å². The molecule has 0 amide bonds. The van der Waals surface area contributed by atoms with Gasteiger partial charge >= 0.3 is 5.69 Å². The lowest BCUT2D eigenvalue weighted by atomic mass is 10.1. The van der Waals surface area contributed by atoms with Gasteiger partial charge in [-0.3, -0.25) is 17.9 Å². The lowest BCUT2D eigenvalue weighted by molar-refractivity contribution is 0.405. The van der Waals surface area contributed by atoms with Gasteiger partial charge in [-0.15, -0.1) is 11.3 Å². The SMILES string of the molecule is CN(C)Cc1c(-c2ccc(N)cc2)sc2c1c(=O)n(-c1ccc(N(C)S(=O)[O-])nc1)c(=O)n2Cc1c(F)cccc1F. The molecule has 0 fully saturated rings. The summed E-state index contributed by atoms with van der Waals surface area (Å²) in [7, 11) is 4.95. The second-order valence-corrected chi connectivity index (χ2v) is 11.7. The molecule has 0 saturated heterocycles. The summed E-state index contributed by atoms with van der Waals surface area (Å²) in [6.07, 6.45) is 1.19. The molecule has 1 unspecified atom stereocenters. The van der Waals surface area contributed by atoms with Crippen LogP contribution in [0.3, 0.4) is 0 Å². The van der Waals surface area contributed by atoms with Gasteiger partial charge in [-0.2, -0.15) is 0 Å². The Hall–Kier alpha value is -4.24. The van der Waals surface area contributed by atoms with Gasteiger partial charge in [0.2, 0.25) is 0 Å². The van der Waals surface area contributed by atoms with Crippen molar-refractivity contribution in [1.82, 2.24) is 19.0 Å². The van der Waals surface area contributed by atoms with Gasteiger partial charge in [0, 0.05) is 41.0 Å². The Morgan fingerprint density at radius 2 is 1.67 bits per heavy atom. The van der Waals surface area contributed by atoms with Crippen molar-refractivity contribution in [3.8, 4) is 16.1 Å². The van der Waals surface area contributed by atoms with E-state index in [2.05, 4.69) is 4.98 Å². The van der Waals surface area contributed by atoms with Gasteiger partial charge in [0.25, 0.3) is 5.56 Å². The number of nitrogen functional groups attached to an aromatic ring is 1. The Bertz CT molecular complexity index is 1920. The fraction of sp³-hybridized carbons (Fsp3) is 0.179.